The molecule has 0 aromatic carbocycles. The minimum absolute atomic E-state index is 0.136. The van der Waals surface area contributed by atoms with Crippen LogP contribution in [0, 0.1) is 6.92 Å². The van der Waals surface area contributed by atoms with Crippen molar-refractivity contribution in [1.82, 2.24) is 15.1 Å². The smallest absolute Gasteiger partial charge is 0.230 e. The van der Waals surface area contributed by atoms with Crippen LogP contribution < -0.4 is 5.32 Å². The van der Waals surface area contributed by atoms with Gasteiger partial charge in [-0.2, -0.15) is 4.98 Å². The number of aliphatic hydroxyl groups is 1. The van der Waals surface area contributed by atoms with Gasteiger partial charge in [-0.25, -0.2) is 0 Å². The fourth-order valence-electron chi connectivity index (χ4n) is 2.17. The Morgan fingerprint density at radius 2 is 2.30 bits per heavy atom. The summed E-state index contributed by atoms with van der Waals surface area (Å²) < 4.78 is 5.21. The number of nitrogens with zero attached hydrogens (tertiary/aromatic N) is 3. The maximum absolute atomic E-state index is 10.5. The van der Waals surface area contributed by atoms with Crippen molar-refractivity contribution in [3.8, 4) is 11.4 Å². The number of hydrogen-bond donors (Lipinski definition) is 2. The molecular formula is C13H14N4O3. The summed E-state index contributed by atoms with van der Waals surface area (Å²) in [4.78, 5) is 19.0. The average Bonchev–Trinajstić information content (AvgIpc) is 2.87. The second-order valence-corrected chi connectivity index (χ2v) is 4.90. The Bertz CT molecular complexity index is 634. The number of rotatable bonds is 4. The first-order valence-corrected chi connectivity index (χ1v) is 6.36. The van der Waals surface area contributed by atoms with Crippen LogP contribution >= 0.6 is 0 Å². The molecular weight excluding hydrogens is 260 g/mol. The lowest BCUT2D eigenvalue weighted by Crippen LogP contribution is -2.26. The van der Waals surface area contributed by atoms with E-state index in [1.807, 2.05) is 0 Å². The van der Waals surface area contributed by atoms with Crippen LogP contribution in [0.1, 0.15) is 30.3 Å². The molecule has 1 aliphatic rings. The normalized spacial score (nSPS) is 21.3. The van der Waals surface area contributed by atoms with Crippen molar-refractivity contribution in [3.05, 3.63) is 23.8 Å². The number of nitrogens with one attached hydrogen (secondary N) is 1. The molecule has 2 heterocycles. The topological polar surface area (TPSA) is 101 Å². The van der Waals surface area contributed by atoms with E-state index in [9.17, 15) is 9.90 Å². The zero-order valence-corrected chi connectivity index (χ0v) is 10.9. The number of amides is 1. The summed E-state index contributed by atoms with van der Waals surface area (Å²) in [6, 6.07) is 1.75. The van der Waals surface area contributed by atoms with Crippen LogP contribution in [0.4, 0.5) is 5.69 Å². The van der Waals surface area contributed by atoms with E-state index in [4.69, 9.17) is 4.52 Å². The number of aliphatic hydroxyl groups excluding tert-OH is 1. The summed E-state index contributed by atoms with van der Waals surface area (Å²) >= 11 is 0. The summed E-state index contributed by atoms with van der Waals surface area (Å²) in [6.45, 7) is 1.80. The summed E-state index contributed by atoms with van der Waals surface area (Å²) in [6.07, 6.45) is 3.29. The fraction of sp³-hybridized carbons (Fsp3) is 0.385. The average molecular weight is 274 g/mol. The molecule has 104 valence electrons. The molecule has 0 bridgehead atoms. The molecule has 1 amide bonds. The molecule has 0 aliphatic heterocycles. The third-order valence-electron chi connectivity index (χ3n) is 3.46. The minimum Gasteiger partial charge on any atom is -0.393 e. The monoisotopic (exact) mass is 274 g/mol. The van der Waals surface area contributed by atoms with Crippen LogP contribution in [-0.2, 0) is 4.79 Å². The van der Waals surface area contributed by atoms with Crippen molar-refractivity contribution in [1.29, 1.82) is 0 Å². The van der Waals surface area contributed by atoms with Crippen LogP contribution in [0.15, 0.2) is 16.8 Å². The highest BCUT2D eigenvalue weighted by Gasteiger charge is 2.33. The Morgan fingerprint density at radius 1 is 1.50 bits per heavy atom. The molecule has 1 aliphatic carbocycles. The lowest BCUT2D eigenvalue weighted by molar-refractivity contribution is -0.105. The van der Waals surface area contributed by atoms with Gasteiger partial charge in [-0.05, 0) is 25.8 Å². The van der Waals surface area contributed by atoms with Crippen LogP contribution in [-0.4, -0.2) is 32.7 Å². The number of carbonyl (C=O) groups is 1. The van der Waals surface area contributed by atoms with Crippen molar-refractivity contribution in [2.45, 2.75) is 31.8 Å². The molecule has 0 radical (unpaired) electrons. The van der Waals surface area contributed by atoms with E-state index in [1.54, 1.807) is 19.2 Å². The third-order valence-corrected chi connectivity index (χ3v) is 3.46. The van der Waals surface area contributed by atoms with Crippen molar-refractivity contribution >= 4 is 12.1 Å². The minimum atomic E-state index is -0.264. The number of aryl methyl sites for hydroxylation is 1. The molecule has 20 heavy (non-hydrogen) atoms. The molecule has 2 aromatic heterocycles. The molecule has 0 spiro atoms. The summed E-state index contributed by atoms with van der Waals surface area (Å²) in [5.41, 5.74) is 2.00. The van der Waals surface area contributed by atoms with Gasteiger partial charge in [0.05, 0.1) is 17.5 Å². The van der Waals surface area contributed by atoms with Gasteiger partial charge >= 0.3 is 0 Å². The van der Waals surface area contributed by atoms with Crippen molar-refractivity contribution in [3.63, 3.8) is 0 Å². The molecule has 1 fully saturated rings. The van der Waals surface area contributed by atoms with E-state index >= 15 is 0 Å². The molecule has 7 heteroatoms. The molecule has 0 atom stereocenters. The highest BCUT2D eigenvalue weighted by Crippen LogP contribution is 2.36. The van der Waals surface area contributed by atoms with Crippen LogP contribution in [0.2, 0.25) is 0 Å². The van der Waals surface area contributed by atoms with E-state index < -0.39 is 0 Å². The molecule has 1 saturated carbocycles. The van der Waals surface area contributed by atoms with Crippen LogP contribution in [0.5, 0.6) is 0 Å². The van der Waals surface area contributed by atoms with E-state index in [2.05, 4.69) is 20.4 Å². The fourth-order valence-corrected chi connectivity index (χ4v) is 2.17. The Kier molecular flexibility index (Phi) is 3.19. The first kappa shape index (κ1) is 12.7. The van der Waals surface area contributed by atoms with Crippen molar-refractivity contribution in [2.24, 2.45) is 0 Å². The molecule has 3 rings (SSSR count). The predicted molar refractivity (Wildman–Crippen MR) is 69.9 cm³/mol. The number of carbonyl (C=O) groups excluding carboxylic acids is 1. The third kappa shape index (κ3) is 2.27. The predicted octanol–water partition coefficient (Wildman–Crippen LogP) is 1.25. The Morgan fingerprint density at radius 3 is 3.00 bits per heavy atom. The first-order valence-electron chi connectivity index (χ1n) is 6.36. The number of hydrogen-bond acceptors (Lipinski definition) is 6. The van der Waals surface area contributed by atoms with Gasteiger partial charge in [0.15, 0.2) is 0 Å². The lowest BCUT2D eigenvalue weighted by Gasteiger charge is -2.27. The summed E-state index contributed by atoms with van der Waals surface area (Å²) in [5.74, 6) is 1.11. The van der Waals surface area contributed by atoms with Gasteiger partial charge in [0.2, 0.25) is 18.1 Å². The standard InChI is InChI=1S/C13H14N4O3/c1-7-11(15-6-18)4-9(5-14-7)12-16-13(20-17-12)8-2-10(19)3-8/h4-6,8,10,19H,2-3H2,1H3,(H,15,18). The van der Waals surface area contributed by atoms with Crippen molar-refractivity contribution < 1.29 is 14.4 Å². The van der Waals surface area contributed by atoms with Gasteiger partial charge in [0, 0.05) is 17.7 Å². The van der Waals surface area contributed by atoms with Crippen LogP contribution in [0.25, 0.3) is 11.4 Å². The molecule has 0 saturated heterocycles. The second-order valence-electron chi connectivity index (χ2n) is 4.90. The molecule has 2 aromatic rings. The number of aromatic nitrogens is 3. The summed E-state index contributed by atoms with van der Waals surface area (Å²) in [7, 11) is 0. The van der Waals surface area contributed by atoms with E-state index in [-0.39, 0.29) is 12.0 Å². The highest BCUT2D eigenvalue weighted by atomic mass is 16.5. The van der Waals surface area contributed by atoms with E-state index in [0.29, 0.717) is 47.9 Å². The second kappa shape index (κ2) is 5.01. The van der Waals surface area contributed by atoms with Gasteiger partial charge in [-0.3, -0.25) is 9.78 Å². The Balaban J connectivity index is 1.85. The molecule has 7 nitrogen and oxygen atoms in total. The van der Waals surface area contributed by atoms with Gasteiger partial charge in [-0.15, -0.1) is 0 Å². The quantitative estimate of drug-likeness (QED) is 0.813. The highest BCUT2D eigenvalue weighted by molar-refractivity contribution is 5.75. The van der Waals surface area contributed by atoms with Gasteiger partial charge < -0.3 is 14.9 Å². The van der Waals surface area contributed by atoms with Gasteiger partial charge in [-0.1, -0.05) is 5.16 Å². The Hall–Kier alpha value is -2.28. The molecule has 0 unspecified atom stereocenters. The zero-order valence-electron chi connectivity index (χ0n) is 10.9. The van der Waals surface area contributed by atoms with Crippen molar-refractivity contribution in [2.75, 3.05) is 5.32 Å². The van der Waals surface area contributed by atoms with Gasteiger partial charge in [0.25, 0.3) is 0 Å². The maximum atomic E-state index is 10.5. The largest absolute Gasteiger partial charge is 0.393 e. The lowest BCUT2D eigenvalue weighted by atomic mass is 9.82. The Labute approximate surface area is 115 Å². The first-order chi connectivity index (χ1) is 9.67. The zero-order chi connectivity index (χ0) is 14.1. The van der Waals surface area contributed by atoms with E-state index in [1.165, 1.54) is 0 Å². The number of anilines is 1. The SMILES string of the molecule is Cc1ncc(-c2noc(C3CC(O)C3)n2)cc1NC=O. The van der Waals surface area contributed by atoms with Gasteiger partial charge in [0.1, 0.15) is 0 Å². The number of pyridine rings is 1. The summed E-state index contributed by atoms with van der Waals surface area (Å²) in [5, 5.41) is 15.8. The van der Waals surface area contributed by atoms with Crippen LogP contribution in [0.3, 0.4) is 0 Å². The maximum Gasteiger partial charge on any atom is 0.230 e. The molecule has 2 N–H and O–H groups in total. The van der Waals surface area contributed by atoms with E-state index in [0.717, 1.165) is 0 Å².